The van der Waals surface area contributed by atoms with Crippen LogP contribution in [0.2, 0.25) is 0 Å². The van der Waals surface area contributed by atoms with Crippen molar-refractivity contribution in [2.75, 3.05) is 23.1 Å². The summed E-state index contributed by atoms with van der Waals surface area (Å²) in [6.07, 6.45) is 3.59. The van der Waals surface area contributed by atoms with Crippen molar-refractivity contribution < 1.29 is 4.79 Å². The van der Waals surface area contributed by atoms with Crippen LogP contribution < -0.4 is 16.4 Å². The predicted octanol–water partition coefficient (Wildman–Crippen LogP) is 2.77. The van der Waals surface area contributed by atoms with Gasteiger partial charge in [0.2, 0.25) is 0 Å². The molecule has 24 heavy (non-hydrogen) atoms. The minimum atomic E-state index is -0.308. The minimum absolute atomic E-state index is 0.0762. The molecule has 2 amide bonds. The second-order valence-corrected chi connectivity index (χ2v) is 6.15. The second-order valence-electron chi connectivity index (χ2n) is 5.24. The summed E-state index contributed by atoms with van der Waals surface area (Å²) in [7, 11) is 0. The zero-order valence-electron chi connectivity index (χ0n) is 13.1. The molecule has 0 saturated carbocycles. The standard InChI is InChI=1S/C16H18N6OS/c1-24-9-13(10-5-3-2-4-6-10)19-16(23)20-14-7-12-11(8-18-14)15(17)22-21-12/h2-8,13H,9H2,1H3,(H3,17,21,22)(H2,18,19,20,23)/t13-/m1/s1. The van der Waals surface area contributed by atoms with E-state index in [0.29, 0.717) is 11.6 Å². The van der Waals surface area contributed by atoms with Gasteiger partial charge in [-0.2, -0.15) is 16.9 Å². The van der Waals surface area contributed by atoms with Gasteiger partial charge in [-0.25, -0.2) is 9.78 Å². The van der Waals surface area contributed by atoms with Gasteiger partial charge < -0.3 is 11.1 Å². The molecule has 3 rings (SSSR count). The number of nitrogen functional groups attached to an aromatic ring is 1. The van der Waals surface area contributed by atoms with Crippen molar-refractivity contribution in [3.8, 4) is 0 Å². The number of aromatic amines is 1. The molecule has 0 saturated heterocycles. The third kappa shape index (κ3) is 3.60. The molecule has 1 atom stereocenters. The van der Waals surface area contributed by atoms with Gasteiger partial charge in [-0.05, 0) is 11.8 Å². The highest BCUT2D eigenvalue weighted by molar-refractivity contribution is 7.98. The van der Waals surface area contributed by atoms with Gasteiger partial charge in [0, 0.05) is 18.0 Å². The summed E-state index contributed by atoms with van der Waals surface area (Å²) in [6.45, 7) is 0. The van der Waals surface area contributed by atoms with E-state index in [1.54, 1.807) is 24.0 Å². The molecule has 0 radical (unpaired) electrons. The molecule has 0 aliphatic rings. The van der Waals surface area contributed by atoms with Crippen LogP contribution in [-0.2, 0) is 0 Å². The number of carbonyl (C=O) groups is 1. The van der Waals surface area contributed by atoms with E-state index in [-0.39, 0.29) is 12.1 Å². The van der Waals surface area contributed by atoms with Gasteiger partial charge in [0.15, 0.2) is 5.82 Å². The number of rotatable bonds is 5. The lowest BCUT2D eigenvalue weighted by atomic mass is 10.1. The lowest BCUT2D eigenvalue weighted by Gasteiger charge is -2.18. The van der Waals surface area contributed by atoms with Crippen LogP contribution in [0.3, 0.4) is 0 Å². The Hall–Kier alpha value is -2.74. The Morgan fingerprint density at radius 2 is 2.17 bits per heavy atom. The first-order valence-electron chi connectivity index (χ1n) is 7.38. The number of carbonyl (C=O) groups excluding carboxylic acids is 1. The number of aromatic nitrogens is 3. The fraction of sp³-hybridized carbons (Fsp3) is 0.188. The second kappa shape index (κ2) is 7.22. The molecular weight excluding hydrogens is 324 g/mol. The number of benzene rings is 1. The van der Waals surface area contributed by atoms with E-state index >= 15 is 0 Å². The average molecular weight is 342 g/mol. The number of hydrogen-bond donors (Lipinski definition) is 4. The smallest absolute Gasteiger partial charge is 0.320 e. The van der Waals surface area contributed by atoms with Crippen LogP contribution in [0.4, 0.5) is 16.4 Å². The Kier molecular flexibility index (Phi) is 4.85. The van der Waals surface area contributed by atoms with Gasteiger partial charge in [-0.1, -0.05) is 30.3 Å². The largest absolute Gasteiger partial charge is 0.382 e. The molecule has 0 aliphatic carbocycles. The van der Waals surface area contributed by atoms with Crippen molar-refractivity contribution in [1.82, 2.24) is 20.5 Å². The molecule has 5 N–H and O–H groups in total. The van der Waals surface area contributed by atoms with Crippen LogP contribution in [0.1, 0.15) is 11.6 Å². The zero-order chi connectivity index (χ0) is 16.9. The van der Waals surface area contributed by atoms with Crippen molar-refractivity contribution in [3.05, 3.63) is 48.2 Å². The molecule has 2 heterocycles. The molecule has 0 fully saturated rings. The minimum Gasteiger partial charge on any atom is -0.382 e. The maximum Gasteiger partial charge on any atom is 0.320 e. The van der Waals surface area contributed by atoms with Crippen molar-refractivity contribution in [1.29, 1.82) is 0 Å². The predicted molar refractivity (Wildman–Crippen MR) is 98.0 cm³/mol. The van der Waals surface area contributed by atoms with E-state index in [2.05, 4.69) is 25.8 Å². The molecule has 3 aromatic rings. The molecule has 2 aromatic heterocycles. The number of amides is 2. The van der Waals surface area contributed by atoms with Gasteiger partial charge in [-0.15, -0.1) is 0 Å². The van der Waals surface area contributed by atoms with Gasteiger partial charge in [-0.3, -0.25) is 10.4 Å². The van der Waals surface area contributed by atoms with E-state index in [1.807, 2.05) is 36.6 Å². The Morgan fingerprint density at radius 3 is 2.92 bits per heavy atom. The van der Waals surface area contributed by atoms with Gasteiger partial charge >= 0.3 is 6.03 Å². The number of thioether (sulfide) groups is 1. The number of fused-ring (bicyclic) bond motifs is 1. The van der Waals surface area contributed by atoms with Crippen LogP contribution in [0, 0.1) is 0 Å². The van der Waals surface area contributed by atoms with Crippen LogP contribution in [0.25, 0.3) is 10.9 Å². The number of nitrogens with one attached hydrogen (secondary N) is 3. The van der Waals surface area contributed by atoms with E-state index in [1.165, 1.54) is 0 Å². The highest BCUT2D eigenvalue weighted by Crippen LogP contribution is 2.20. The van der Waals surface area contributed by atoms with Crippen LogP contribution in [0.15, 0.2) is 42.6 Å². The number of H-pyrrole nitrogens is 1. The fourth-order valence-electron chi connectivity index (χ4n) is 2.38. The molecule has 0 aliphatic heterocycles. The zero-order valence-corrected chi connectivity index (χ0v) is 13.9. The monoisotopic (exact) mass is 342 g/mol. The Labute approximate surface area is 143 Å². The van der Waals surface area contributed by atoms with Gasteiger partial charge in [0.05, 0.1) is 16.9 Å². The van der Waals surface area contributed by atoms with Gasteiger partial charge in [0.1, 0.15) is 5.82 Å². The Bertz CT molecular complexity index is 835. The number of nitrogens with zero attached hydrogens (tertiary/aromatic N) is 2. The normalized spacial score (nSPS) is 12.0. The molecule has 0 bridgehead atoms. The van der Waals surface area contributed by atoms with Crippen LogP contribution >= 0.6 is 11.8 Å². The maximum absolute atomic E-state index is 12.3. The van der Waals surface area contributed by atoms with Crippen molar-refractivity contribution >= 4 is 40.3 Å². The number of anilines is 2. The van der Waals surface area contributed by atoms with Crippen molar-refractivity contribution in [3.63, 3.8) is 0 Å². The highest BCUT2D eigenvalue weighted by Gasteiger charge is 2.14. The lowest BCUT2D eigenvalue weighted by Crippen LogP contribution is -2.34. The molecule has 124 valence electrons. The first kappa shape index (κ1) is 16.1. The first-order chi connectivity index (χ1) is 11.7. The van der Waals surface area contributed by atoms with Crippen LogP contribution in [-0.4, -0.2) is 33.2 Å². The summed E-state index contributed by atoms with van der Waals surface area (Å²) in [6, 6.07) is 11.2. The molecular formula is C16H18N6OS. The Morgan fingerprint density at radius 1 is 1.38 bits per heavy atom. The molecule has 1 aromatic carbocycles. The van der Waals surface area contributed by atoms with Crippen molar-refractivity contribution in [2.45, 2.75) is 6.04 Å². The summed E-state index contributed by atoms with van der Waals surface area (Å²) in [5, 5.41) is 13.2. The van der Waals surface area contributed by atoms with Crippen molar-refractivity contribution in [2.24, 2.45) is 0 Å². The summed E-state index contributed by atoms with van der Waals surface area (Å²) >= 11 is 1.67. The summed E-state index contributed by atoms with van der Waals surface area (Å²) in [5.74, 6) is 1.60. The number of urea groups is 1. The third-order valence-electron chi connectivity index (χ3n) is 3.56. The van der Waals surface area contributed by atoms with Crippen LogP contribution in [0.5, 0.6) is 0 Å². The van der Waals surface area contributed by atoms with E-state index in [4.69, 9.17) is 5.73 Å². The quantitative estimate of drug-likeness (QED) is 0.570. The van der Waals surface area contributed by atoms with E-state index in [0.717, 1.165) is 22.2 Å². The van der Waals surface area contributed by atoms with Gasteiger partial charge in [0.25, 0.3) is 0 Å². The molecule has 0 unspecified atom stereocenters. The fourth-order valence-corrected chi connectivity index (χ4v) is 2.99. The number of nitrogens with two attached hydrogens (primary N) is 1. The lowest BCUT2D eigenvalue weighted by molar-refractivity contribution is 0.249. The Balaban J connectivity index is 1.70. The summed E-state index contributed by atoms with van der Waals surface area (Å²) < 4.78 is 0. The summed E-state index contributed by atoms with van der Waals surface area (Å²) in [5.41, 5.74) is 7.49. The summed E-state index contributed by atoms with van der Waals surface area (Å²) in [4.78, 5) is 16.5. The molecule has 8 heteroatoms. The maximum atomic E-state index is 12.3. The number of hydrogen-bond acceptors (Lipinski definition) is 5. The number of pyridine rings is 1. The highest BCUT2D eigenvalue weighted by atomic mass is 32.2. The molecule has 0 spiro atoms. The van der Waals surface area contributed by atoms with E-state index < -0.39 is 0 Å². The first-order valence-corrected chi connectivity index (χ1v) is 8.77. The topological polar surface area (TPSA) is 109 Å². The average Bonchev–Trinajstić information content (AvgIpc) is 2.96. The third-order valence-corrected chi connectivity index (χ3v) is 4.23. The molecule has 7 nitrogen and oxygen atoms in total. The van der Waals surface area contributed by atoms with E-state index in [9.17, 15) is 4.79 Å². The SMILES string of the molecule is CSC[C@@H](NC(=O)Nc1cc2[nH]nc(N)c2cn1)c1ccccc1.